The Bertz CT molecular complexity index is 890. The van der Waals surface area contributed by atoms with Crippen LogP contribution in [-0.2, 0) is 11.3 Å². The van der Waals surface area contributed by atoms with E-state index in [2.05, 4.69) is 4.72 Å². The maximum absolute atomic E-state index is 12.1. The summed E-state index contributed by atoms with van der Waals surface area (Å²) >= 11 is -2.09. The van der Waals surface area contributed by atoms with Gasteiger partial charge in [-0.25, -0.2) is 4.21 Å². The number of hydrogen-bond donors (Lipinski definition) is 2. The van der Waals surface area contributed by atoms with E-state index >= 15 is 0 Å². The molecule has 0 aliphatic rings. The third-order valence-electron chi connectivity index (χ3n) is 3.37. The highest BCUT2D eigenvalue weighted by molar-refractivity contribution is 7.80. The Kier molecular flexibility index (Phi) is 4.36. The van der Waals surface area contributed by atoms with Crippen LogP contribution in [0.15, 0.2) is 77.7 Å². The van der Waals surface area contributed by atoms with Crippen molar-refractivity contribution in [1.82, 2.24) is 4.57 Å². The highest BCUT2D eigenvalue weighted by Crippen LogP contribution is 2.21. The number of benzene rings is 2. The number of para-hydroxylation sites is 1. The second-order valence-electron chi connectivity index (χ2n) is 4.89. The maximum atomic E-state index is 12.1. The van der Waals surface area contributed by atoms with Gasteiger partial charge >= 0.3 is 0 Å². The Morgan fingerprint density at radius 2 is 1.52 bits per heavy atom. The zero-order valence-corrected chi connectivity index (χ0v) is 12.9. The Morgan fingerprint density at radius 1 is 0.870 bits per heavy atom. The van der Waals surface area contributed by atoms with E-state index in [0.717, 1.165) is 16.8 Å². The fraction of sp³-hybridized carbons (Fsp3) is 0. The van der Waals surface area contributed by atoms with Gasteiger partial charge in [-0.15, -0.1) is 0 Å². The molecule has 1 atom stereocenters. The SMILES string of the molecule is O=c1ccc(-c2ccc(NS(=O)O)cc2)cn1-c1ccccc1. The molecule has 0 saturated carbocycles. The first-order chi connectivity index (χ1) is 11.1. The molecular formula is C17H14N2O3S. The highest BCUT2D eigenvalue weighted by Gasteiger charge is 2.04. The van der Waals surface area contributed by atoms with E-state index in [1.54, 1.807) is 29.0 Å². The molecule has 1 unspecified atom stereocenters. The van der Waals surface area contributed by atoms with Crippen LogP contribution in [0, 0.1) is 0 Å². The minimum atomic E-state index is -2.09. The number of rotatable bonds is 4. The number of nitrogens with zero attached hydrogens (tertiary/aromatic N) is 1. The van der Waals surface area contributed by atoms with Crippen molar-refractivity contribution < 1.29 is 8.76 Å². The van der Waals surface area contributed by atoms with Crippen molar-refractivity contribution in [3.8, 4) is 16.8 Å². The van der Waals surface area contributed by atoms with Crippen molar-refractivity contribution in [2.75, 3.05) is 4.72 Å². The molecule has 0 radical (unpaired) electrons. The molecule has 0 amide bonds. The minimum absolute atomic E-state index is 0.103. The first-order valence-corrected chi connectivity index (χ1v) is 8.00. The molecule has 3 rings (SSSR count). The first kappa shape index (κ1) is 15.2. The number of pyridine rings is 1. The predicted molar refractivity (Wildman–Crippen MR) is 91.9 cm³/mol. The van der Waals surface area contributed by atoms with Gasteiger partial charge in [0.2, 0.25) is 0 Å². The third kappa shape index (κ3) is 3.56. The normalized spacial score (nSPS) is 11.9. The van der Waals surface area contributed by atoms with Gasteiger partial charge in [0.1, 0.15) is 0 Å². The summed E-state index contributed by atoms with van der Waals surface area (Å²) in [5, 5.41) is 0. The second-order valence-corrected chi connectivity index (χ2v) is 5.59. The fourth-order valence-corrected chi connectivity index (χ4v) is 2.62. The largest absolute Gasteiger partial charge is 0.289 e. The van der Waals surface area contributed by atoms with E-state index < -0.39 is 11.3 Å². The zero-order valence-electron chi connectivity index (χ0n) is 12.0. The molecule has 6 heteroatoms. The molecule has 3 aromatic rings. The number of aromatic nitrogens is 1. The first-order valence-electron chi connectivity index (χ1n) is 6.89. The van der Waals surface area contributed by atoms with Crippen LogP contribution < -0.4 is 10.3 Å². The highest BCUT2D eigenvalue weighted by atomic mass is 32.2. The van der Waals surface area contributed by atoms with E-state index in [4.69, 9.17) is 4.55 Å². The summed E-state index contributed by atoms with van der Waals surface area (Å²) in [6.45, 7) is 0. The lowest BCUT2D eigenvalue weighted by atomic mass is 10.1. The average Bonchev–Trinajstić information content (AvgIpc) is 2.56. The molecule has 23 heavy (non-hydrogen) atoms. The van der Waals surface area contributed by atoms with Crippen LogP contribution in [0.3, 0.4) is 0 Å². The molecular weight excluding hydrogens is 312 g/mol. The fourth-order valence-electron chi connectivity index (χ4n) is 2.28. The second kappa shape index (κ2) is 6.60. The van der Waals surface area contributed by atoms with Crippen molar-refractivity contribution >= 4 is 17.0 Å². The molecule has 0 aliphatic carbocycles. The van der Waals surface area contributed by atoms with Crippen LogP contribution >= 0.6 is 0 Å². The lowest BCUT2D eigenvalue weighted by Gasteiger charge is -2.09. The molecule has 5 nitrogen and oxygen atoms in total. The third-order valence-corrected chi connectivity index (χ3v) is 3.78. The van der Waals surface area contributed by atoms with Crippen molar-refractivity contribution in [3.63, 3.8) is 0 Å². The number of hydrogen-bond acceptors (Lipinski definition) is 2. The Hall–Kier alpha value is -2.70. The van der Waals surface area contributed by atoms with Crippen LogP contribution in [0.5, 0.6) is 0 Å². The smallest absolute Gasteiger partial charge is 0.259 e. The summed E-state index contributed by atoms with van der Waals surface area (Å²) in [6, 6.07) is 19.7. The summed E-state index contributed by atoms with van der Waals surface area (Å²) < 4.78 is 23.5. The van der Waals surface area contributed by atoms with E-state index in [1.165, 1.54) is 6.07 Å². The van der Waals surface area contributed by atoms with E-state index in [1.807, 2.05) is 42.5 Å². The van der Waals surface area contributed by atoms with Gasteiger partial charge in [0.05, 0.1) is 0 Å². The summed E-state index contributed by atoms with van der Waals surface area (Å²) in [6.07, 6.45) is 1.78. The van der Waals surface area contributed by atoms with Crippen molar-refractivity contribution in [2.45, 2.75) is 0 Å². The molecule has 0 fully saturated rings. The van der Waals surface area contributed by atoms with Crippen LogP contribution in [0.2, 0.25) is 0 Å². The van der Waals surface area contributed by atoms with E-state index in [0.29, 0.717) is 5.69 Å². The Labute approximate surface area is 135 Å². The van der Waals surface area contributed by atoms with Gasteiger partial charge in [0.15, 0.2) is 0 Å². The Balaban J connectivity index is 1.98. The molecule has 2 N–H and O–H groups in total. The zero-order chi connectivity index (χ0) is 16.2. The van der Waals surface area contributed by atoms with Crippen LogP contribution in [-0.4, -0.2) is 13.3 Å². The van der Waals surface area contributed by atoms with E-state index in [9.17, 15) is 9.00 Å². The van der Waals surface area contributed by atoms with Gasteiger partial charge in [-0.2, -0.15) is 0 Å². The summed E-state index contributed by atoms with van der Waals surface area (Å²) in [4.78, 5) is 12.1. The maximum Gasteiger partial charge on any atom is 0.259 e. The summed E-state index contributed by atoms with van der Waals surface area (Å²) in [7, 11) is 0. The van der Waals surface area contributed by atoms with E-state index in [-0.39, 0.29) is 5.56 Å². The van der Waals surface area contributed by atoms with Crippen molar-refractivity contribution in [1.29, 1.82) is 0 Å². The predicted octanol–water partition coefficient (Wildman–Crippen LogP) is 3.05. The van der Waals surface area contributed by atoms with Gasteiger partial charge in [0.25, 0.3) is 16.8 Å². The van der Waals surface area contributed by atoms with Crippen molar-refractivity contribution in [2.24, 2.45) is 0 Å². The number of nitrogens with one attached hydrogen (secondary N) is 1. The van der Waals surface area contributed by atoms with Gasteiger partial charge in [-0.1, -0.05) is 30.3 Å². The Morgan fingerprint density at radius 3 is 2.17 bits per heavy atom. The van der Waals surface area contributed by atoms with Gasteiger partial charge in [-0.3, -0.25) is 18.6 Å². The van der Waals surface area contributed by atoms with Gasteiger partial charge in [-0.05, 0) is 41.5 Å². The monoisotopic (exact) mass is 326 g/mol. The molecule has 1 heterocycles. The molecule has 2 aromatic carbocycles. The number of anilines is 1. The molecule has 0 saturated heterocycles. The molecule has 1 aromatic heterocycles. The summed E-state index contributed by atoms with van der Waals surface area (Å²) in [5.74, 6) is 0. The van der Waals surface area contributed by atoms with Crippen LogP contribution in [0.25, 0.3) is 16.8 Å². The molecule has 0 spiro atoms. The van der Waals surface area contributed by atoms with Crippen LogP contribution in [0.4, 0.5) is 5.69 Å². The summed E-state index contributed by atoms with van der Waals surface area (Å²) in [5.41, 5.74) is 3.03. The topological polar surface area (TPSA) is 71.3 Å². The lowest BCUT2D eigenvalue weighted by molar-refractivity contribution is 0.570. The van der Waals surface area contributed by atoms with Crippen LogP contribution in [0.1, 0.15) is 0 Å². The quantitative estimate of drug-likeness (QED) is 0.724. The van der Waals surface area contributed by atoms with Gasteiger partial charge < -0.3 is 0 Å². The minimum Gasteiger partial charge on any atom is -0.289 e. The lowest BCUT2D eigenvalue weighted by Crippen LogP contribution is -2.16. The van der Waals surface area contributed by atoms with Crippen molar-refractivity contribution in [3.05, 3.63) is 83.3 Å². The molecule has 0 aliphatic heterocycles. The standard InChI is InChI=1S/C17H14N2O3S/c20-17-11-8-14(12-19(17)16-4-2-1-3-5-16)13-6-9-15(10-7-13)18-23(21)22/h1-12,18H,(H,21,22). The average molecular weight is 326 g/mol. The molecule has 116 valence electrons. The van der Waals surface area contributed by atoms with Gasteiger partial charge in [0, 0.05) is 23.6 Å². The molecule has 0 bridgehead atoms.